The first-order chi connectivity index (χ1) is 29.2. The number of rotatable bonds is 18. The zero-order valence-corrected chi connectivity index (χ0v) is 40.4. The molecule has 0 unspecified atom stereocenters. The molecule has 2 fully saturated rings. The van der Waals surface area contributed by atoms with Gasteiger partial charge in [-0.05, 0) is 124 Å². The molecule has 0 bridgehead atoms. The van der Waals surface area contributed by atoms with E-state index in [9.17, 15) is 13.5 Å². The van der Waals surface area contributed by atoms with E-state index < -0.39 is 29.2 Å². The van der Waals surface area contributed by atoms with E-state index in [1.165, 1.54) is 10.4 Å². The van der Waals surface area contributed by atoms with Crippen LogP contribution >= 0.6 is 23.5 Å². The number of ether oxygens (including phenoxy) is 2. The van der Waals surface area contributed by atoms with Gasteiger partial charge in [0.05, 0.1) is 24.1 Å². The molecule has 4 aromatic carbocycles. The molecule has 0 aromatic heterocycles. The van der Waals surface area contributed by atoms with Crippen molar-refractivity contribution in [2.75, 3.05) is 32.3 Å². The van der Waals surface area contributed by atoms with E-state index >= 15 is 0 Å². The van der Waals surface area contributed by atoms with Crippen LogP contribution in [0.3, 0.4) is 0 Å². The molecule has 7 nitrogen and oxygen atoms in total. The van der Waals surface area contributed by atoms with E-state index in [4.69, 9.17) is 13.9 Å². The molecule has 0 amide bonds. The Morgan fingerprint density at radius 2 is 1.26 bits per heavy atom. The number of aliphatic hydroxyl groups is 1. The number of allylic oxidation sites excluding steroid dienone is 1. The van der Waals surface area contributed by atoms with Gasteiger partial charge in [0, 0.05) is 19.7 Å². The lowest BCUT2D eigenvalue weighted by molar-refractivity contribution is -0.0644. The van der Waals surface area contributed by atoms with E-state index in [0.29, 0.717) is 13.0 Å². The third-order valence-electron chi connectivity index (χ3n) is 13.8. The Balaban J connectivity index is 1.13. The monoisotopic (exact) mass is 899 g/mol. The van der Waals surface area contributed by atoms with Gasteiger partial charge in [-0.25, -0.2) is 8.42 Å². The Kier molecular flexibility index (Phi) is 14.6. The van der Waals surface area contributed by atoms with Gasteiger partial charge >= 0.3 is 0 Å². The fourth-order valence-electron chi connectivity index (χ4n) is 9.72. The molecule has 4 aromatic rings. The minimum absolute atomic E-state index is 0.0371. The molecule has 61 heavy (non-hydrogen) atoms. The second-order valence-corrected chi connectivity index (χ2v) is 27.6. The van der Waals surface area contributed by atoms with Gasteiger partial charge in [-0.2, -0.15) is 4.31 Å². The molecule has 0 spiro atoms. The topological polar surface area (TPSA) is 85.3 Å². The molecule has 1 saturated heterocycles. The summed E-state index contributed by atoms with van der Waals surface area (Å²) in [6, 6.07) is 36.9. The largest absolute Gasteiger partial charge is 0.497 e. The molecule has 1 aliphatic heterocycles. The maximum atomic E-state index is 14.7. The maximum Gasteiger partial charge on any atom is 0.261 e. The van der Waals surface area contributed by atoms with E-state index in [1.807, 2.05) is 79.0 Å². The average Bonchev–Trinajstić information content (AvgIpc) is 3.24. The number of methoxy groups -OCH3 is 2. The van der Waals surface area contributed by atoms with Crippen molar-refractivity contribution >= 4 is 52.2 Å². The molecule has 1 heterocycles. The standard InChI is InChI=1S/C50H65NO6S3Si/c1-36(37(2)60(53,54)51(33-38-19-24-43(55-6)25-20-38)34-39-21-26-44(56-7)27-22-39)41-31-42(32-41)50(52,48-58-29-14-30-59-48)47-28-23-40(47)35-57-61(49(3,4)5,45-15-10-8-11-16-45)46-17-12-9-13-18-46/h8-13,15-22,24-27,31,36-37,40-41,47-48,52H,14,23,28-30,32-35H2,1-7H3/t36-,37-,40+,41+,47-,50+/m1/s1. The van der Waals surface area contributed by atoms with Gasteiger partial charge in [-0.1, -0.05) is 119 Å². The molecule has 7 rings (SSSR count). The number of hydrogen-bond acceptors (Lipinski definition) is 8. The molecule has 2 aliphatic carbocycles. The van der Waals surface area contributed by atoms with Gasteiger partial charge in [0.25, 0.3) is 8.32 Å². The highest BCUT2D eigenvalue weighted by Gasteiger charge is 2.57. The summed E-state index contributed by atoms with van der Waals surface area (Å²) in [6.45, 7) is 12.0. The SMILES string of the molecule is COc1ccc(CN(Cc2ccc(OC)cc2)S(=O)(=O)[C@H](C)[C@@H](C)[C@H]2C=C([C@@](O)(C3SCCCS3)[C@@H]3CC[C@H]3CO[Si](c3ccccc3)(c3ccccc3)C(C)(C)C)C2)cc1. The van der Waals surface area contributed by atoms with E-state index in [-0.39, 0.29) is 46.4 Å². The van der Waals surface area contributed by atoms with Crippen LogP contribution in [0.15, 0.2) is 121 Å². The fraction of sp³-hybridized carbons (Fsp3) is 0.480. The van der Waals surface area contributed by atoms with E-state index in [2.05, 4.69) is 94.4 Å². The maximum absolute atomic E-state index is 14.7. The number of sulfonamides is 1. The van der Waals surface area contributed by atoms with Crippen LogP contribution in [0.4, 0.5) is 0 Å². The van der Waals surface area contributed by atoms with Gasteiger partial charge in [0.15, 0.2) is 0 Å². The summed E-state index contributed by atoms with van der Waals surface area (Å²) in [5.41, 5.74) is 1.89. The summed E-state index contributed by atoms with van der Waals surface area (Å²) >= 11 is 3.80. The van der Waals surface area contributed by atoms with Crippen LogP contribution in [-0.4, -0.2) is 73.9 Å². The van der Waals surface area contributed by atoms with Crippen LogP contribution in [0.5, 0.6) is 11.5 Å². The lowest BCUT2D eigenvalue weighted by Crippen LogP contribution is -2.67. The molecule has 1 N–H and O–H groups in total. The van der Waals surface area contributed by atoms with Gasteiger partial charge < -0.3 is 19.0 Å². The Morgan fingerprint density at radius 1 is 0.770 bits per heavy atom. The van der Waals surface area contributed by atoms with Crippen molar-refractivity contribution in [2.24, 2.45) is 23.7 Å². The normalized spacial score (nSPS) is 22.0. The van der Waals surface area contributed by atoms with Gasteiger partial charge in [-0.15, -0.1) is 23.5 Å². The van der Waals surface area contributed by atoms with Crippen LogP contribution < -0.4 is 19.8 Å². The zero-order chi connectivity index (χ0) is 43.4. The second kappa shape index (κ2) is 19.4. The molecule has 3 aliphatic rings. The zero-order valence-electron chi connectivity index (χ0n) is 37.0. The minimum Gasteiger partial charge on any atom is -0.497 e. The summed E-state index contributed by atoms with van der Waals surface area (Å²) < 4.78 is 49.3. The number of nitrogens with zero attached hydrogens (tertiary/aromatic N) is 1. The summed E-state index contributed by atoms with van der Waals surface area (Å²) in [5.74, 6) is 3.71. The number of benzene rings is 4. The summed E-state index contributed by atoms with van der Waals surface area (Å²) in [5, 5.41) is 15.0. The third kappa shape index (κ3) is 9.45. The quantitative estimate of drug-likeness (QED) is 0.0782. The first kappa shape index (κ1) is 46.0. The minimum atomic E-state index is -3.76. The molecule has 328 valence electrons. The van der Waals surface area contributed by atoms with Crippen LogP contribution in [0.1, 0.15) is 71.4 Å². The van der Waals surface area contributed by atoms with Crippen molar-refractivity contribution in [1.29, 1.82) is 0 Å². The highest BCUT2D eigenvalue weighted by Crippen LogP contribution is 2.57. The van der Waals surface area contributed by atoms with Crippen molar-refractivity contribution in [3.8, 4) is 11.5 Å². The third-order valence-corrected chi connectivity index (χ3v) is 24.3. The van der Waals surface area contributed by atoms with Crippen molar-refractivity contribution < 1.29 is 27.4 Å². The molecule has 6 atom stereocenters. The molecule has 0 radical (unpaired) electrons. The molecule has 11 heteroatoms. The van der Waals surface area contributed by atoms with Crippen LogP contribution in [0, 0.1) is 23.7 Å². The van der Waals surface area contributed by atoms with Gasteiger partial charge in [0.2, 0.25) is 10.0 Å². The second-order valence-electron chi connectivity index (χ2n) is 18.3. The predicted octanol–water partition coefficient (Wildman–Crippen LogP) is 9.54. The first-order valence-corrected chi connectivity index (χ1v) is 27.4. The molecular formula is C50H65NO6S3Si. The molecular weight excluding hydrogens is 835 g/mol. The summed E-state index contributed by atoms with van der Waals surface area (Å²) in [4.78, 5) is 0. The lowest BCUT2D eigenvalue weighted by Gasteiger charge is -2.55. The summed E-state index contributed by atoms with van der Waals surface area (Å²) in [6.07, 6.45) is 6.07. The van der Waals surface area contributed by atoms with Crippen molar-refractivity contribution in [3.63, 3.8) is 0 Å². The fourth-order valence-corrected chi connectivity index (χ4v) is 19.6. The highest BCUT2D eigenvalue weighted by molar-refractivity contribution is 8.17. The van der Waals surface area contributed by atoms with Crippen molar-refractivity contribution in [3.05, 3.63) is 132 Å². The van der Waals surface area contributed by atoms with Gasteiger partial charge in [-0.3, -0.25) is 0 Å². The Labute approximate surface area is 375 Å². The average molecular weight is 900 g/mol. The van der Waals surface area contributed by atoms with E-state index in [0.717, 1.165) is 59.0 Å². The smallest absolute Gasteiger partial charge is 0.261 e. The van der Waals surface area contributed by atoms with Crippen LogP contribution in [0.2, 0.25) is 5.04 Å². The van der Waals surface area contributed by atoms with Crippen molar-refractivity contribution in [2.45, 2.75) is 93.9 Å². The van der Waals surface area contributed by atoms with Gasteiger partial charge in [0.1, 0.15) is 17.1 Å². The Hall–Kier alpha value is -3.03. The van der Waals surface area contributed by atoms with E-state index in [1.54, 1.807) is 18.5 Å². The Morgan fingerprint density at radius 3 is 1.69 bits per heavy atom. The first-order valence-electron chi connectivity index (χ1n) is 21.9. The number of hydrogen-bond donors (Lipinski definition) is 1. The lowest BCUT2D eigenvalue weighted by atomic mass is 9.59. The van der Waals surface area contributed by atoms with Crippen LogP contribution in [0.25, 0.3) is 0 Å². The molecule has 1 saturated carbocycles. The Bertz CT molecular complexity index is 2090. The predicted molar refractivity (Wildman–Crippen MR) is 257 cm³/mol. The van der Waals surface area contributed by atoms with Crippen molar-refractivity contribution in [1.82, 2.24) is 4.31 Å². The number of thioether (sulfide) groups is 2. The van der Waals surface area contributed by atoms with Crippen LogP contribution in [-0.2, 0) is 27.5 Å². The summed E-state index contributed by atoms with van der Waals surface area (Å²) in [7, 11) is -3.25. The highest BCUT2D eigenvalue weighted by atomic mass is 32.2.